The number of amides is 1. The van der Waals surface area contributed by atoms with Crippen molar-refractivity contribution in [1.82, 2.24) is 4.98 Å². The molecule has 1 fully saturated rings. The standard InChI is InChI=1S/C10H11BrN2OS/c1-6-2-3-8(11)12-10(6)13-5-7(15)4-9(13)14/h2-3,7,15H,4-5H2,1H3. The number of rotatable bonds is 1. The molecule has 1 aromatic rings. The van der Waals surface area contributed by atoms with E-state index in [1.165, 1.54) is 0 Å². The number of pyridine rings is 1. The Morgan fingerprint density at radius 2 is 2.33 bits per heavy atom. The molecular weight excluding hydrogens is 276 g/mol. The minimum atomic E-state index is 0.101. The van der Waals surface area contributed by atoms with Gasteiger partial charge in [-0.3, -0.25) is 9.69 Å². The van der Waals surface area contributed by atoms with Crippen molar-refractivity contribution in [2.45, 2.75) is 18.6 Å². The van der Waals surface area contributed by atoms with E-state index in [2.05, 4.69) is 33.5 Å². The number of hydrogen-bond donors (Lipinski definition) is 1. The predicted octanol–water partition coefficient (Wildman–Crippen LogP) is 2.19. The molecule has 0 radical (unpaired) electrons. The molecule has 1 atom stereocenters. The lowest BCUT2D eigenvalue weighted by atomic mass is 10.3. The van der Waals surface area contributed by atoms with Gasteiger partial charge in [0.2, 0.25) is 5.91 Å². The summed E-state index contributed by atoms with van der Waals surface area (Å²) < 4.78 is 0.749. The third-order valence-electron chi connectivity index (χ3n) is 2.40. The third-order valence-corrected chi connectivity index (χ3v) is 3.18. The molecule has 1 aliphatic heterocycles. The number of halogens is 1. The van der Waals surface area contributed by atoms with Crippen LogP contribution in [0.5, 0.6) is 0 Å². The van der Waals surface area contributed by atoms with Crippen molar-refractivity contribution in [2.75, 3.05) is 11.4 Å². The minimum absolute atomic E-state index is 0.101. The van der Waals surface area contributed by atoms with Gasteiger partial charge in [0.1, 0.15) is 10.4 Å². The Balaban J connectivity index is 2.37. The number of carbonyl (C=O) groups is 1. The van der Waals surface area contributed by atoms with Crippen LogP contribution in [0.1, 0.15) is 12.0 Å². The van der Waals surface area contributed by atoms with Crippen LogP contribution in [0.25, 0.3) is 0 Å². The molecule has 80 valence electrons. The molecule has 15 heavy (non-hydrogen) atoms. The van der Waals surface area contributed by atoms with Crippen molar-refractivity contribution in [3.63, 3.8) is 0 Å². The fraction of sp³-hybridized carbons (Fsp3) is 0.400. The summed E-state index contributed by atoms with van der Waals surface area (Å²) in [5.74, 6) is 0.842. The first-order chi connectivity index (χ1) is 7.08. The lowest BCUT2D eigenvalue weighted by Gasteiger charge is -2.17. The maximum absolute atomic E-state index is 11.7. The molecule has 1 saturated heterocycles. The number of hydrogen-bond acceptors (Lipinski definition) is 3. The first-order valence-electron chi connectivity index (χ1n) is 4.69. The SMILES string of the molecule is Cc1ccc(Br)nc1N1CC(S)CC1=O. The highest BCUT2D eigenvalue weighted by Crippen LogP contribution is 2.26. The highest BCUT2D eigenvalue weighted by atomic mass is 79.9. The van der Waals surface area contributed by atoms with E-state index in [0.717, 1.165) is 16.0 Å². The summed E-state index contributed by atoms with van der Waals surface area (Å²) >= 11 is 7.63. The Labute approximate surface area is 102 Å². The van der Waals surface area contributed by atoms with E-state index in [4.69, 9.17) is 0 Å². The molecule has 0 spiro atoms. The molecule has 5 heteroatoms. The molecule has 0 aromatic carbocycles. The molecule has 1 aromatic heterocycles. The molecular formula is C10H11BrN2OS. The number of nitrogens with zero attached hydrogens (tertiary/aromatic N) is 2. The molecule has 1 unspecified atom stereocenters. The molecule has 3 nitrogen and oxygen atoms in total. The summed E-state index contributed by atoms with van der Waals surface area (Å²) in [4.78, 5) is 17.7. The van der Waals surface area contributed by atoms with Crippen LogP contribution in [-0.4, -0.2) is 22.7 Å². The molecule has 0 saturated carbocycles. The van der Waals surface area contributed by atoms with Gasteiger partial charge in [-0.05, 0) is 34.5 Å². The Morgan fingerprint density at radius 1 is 1.60 bits per heavy atom. The summed E-state index contributed by atoms with van der Waals surface area (Å²) in [6.45, 7) is 2.60. The van der Waals surface area contributed by atoms with E-state index < -0.39 is 0 Å². The summed E-state index contributed by atoms with van der Waals surface area (Å²) in [6.07, 6.45) is 0.497. The van der Waals surface area contributed by atoms with Crippen LogP contribution in [0.2, 0.25) is 0 Å². The maximum atomic E-state index is 11.7. The van der Waals surface area contributed by atoms with Crippen LogP contribution < -0.4 is 4.90 Å². The number of carbonyl (C=O) groups excluding carboxylic acids is 1. The third kappa shape index (κ3) is 2.18. The van der Waals surface area contributed by atoms with Crippen LogP contribution in [-0.2, 0) is 4.79 Å². The van der Waals surface area contributed by atoms with E-state index >= 15 is 0 Å². The zero-order valence-electron chi connectivity index (χ0n) is 8.27. The smallest absolute Gasteiger partial charge is 0.229 e. The minimum Gasteiger partial charge on any atom is -0.295 e. The van der Waals surface area contributed by atoms with Crippen molar-refractivity contribution in [1.29, 1.82) is 0 Å². The van der Waals surface area contributed by atoms with E-state index in [9.17, 15) is 4.79 Å². The average molecular weight is 287 g/mol. The molecule has 2 rings (SSSR count). The zero-order chi connectivity index (χ0) is 11.0. The summed E-state index contributed by atoms with van der Waals surface area (Å²) in [7, 11) is 0. The Bertz CT molecular complexity index is 410. The van der Waals surface area contributed by atoms with Gasteiger partial charge in [-0.1, -0.05) is 6.07 Å². The van der Waals surface area contributed by atoms with Crippen molar-refractivity contribution in [2.24, 2.45) is 0 Å². The topological polar surface area (TPSA) is 33.2 Å². The van der Waals surface area contributed by atoms with Crippen molar-refractivity contribution >= 4 is 40.3 Å². The molecule has 1 amide bonds. The van der Waals surface area contributed by atoms with Crippen LogP contribution >= 0.6 is 28.6 Å². The highest BCUT2D eigenvalue weighted by molar-refractivity contribution is 9.10. The van der Waals surface area contributed by atoms with Crippen molar-refractivity contribution in [3.05, 3.63) is 22.3 Å². The Kier molecular flexibility index (Phi) is 3.02. The molecule has 0 N–H and O–H groups in total. The van der Waals surface area contributed by atoms with Crippen LogP contribution in [0.4, 0.5) is 5.82 Å². The zero-order valence-corrected chi connectivity index (χ0v) is 10.8. The number of thiol groups is 1. The number of aryl methyl sites for hydroxylation is 1. The fourth-order valence-electron chi connectivity index (χ4n) is 1.66. The van der Waals surface area contributed by atoms with Crippen LogP contribution in [0.15, 0.2) is 16.7 Å². The Hall–Kier alpha value is -0.550. The van der Waals surface area contributed by atoms with Gasteiger partial charge in [0.05, 0.1) is 0 Å². The van der Waals surface area contributed by atoms with Gasteiger partial charge in [0.25, 0.3) is 0 Å². The molecule has 0 bridgehead atoms. The second-order valence-electron chi connectivity index (χ2n) is 3.64. The quantitative estimate of drug-likeness (QED) is 0.634. The van der Waals surface area contributed by atoms with E-state index in [-0.39, 0.29) is 11.2 Å². The van der Waals surface area contributed by atoms with Gasteiger partial charge >= 0.3 is 0 Å². The molecule has 1 aliphatic rings. The van der Waals surface area contributed by atoms with Gasteiger partial charge in [-0.15, -0.1) is 0 Å². The van der Waals surface area contributed by atoms with E-state index in [1.807, 2.05) is 19.1 Å². The van der Waals surface area contributed by atoms with E-state index in [1.54, 1.807) is 4.90 Å². The lowest BCUT2D eigenvalue weighted by Crippen LogP contribution is -2.26. The number of anilines is 1. The first-order valence-corrected chi connectivity index (χ1v) is 6.00. The van der Waals surface area contributed by atoms with E-state index in [0.29, 0.717) is 13.0 Å². The van der Waals surface area contributed by atoms with Crippen molar-refractivity contribution in [3.8, 4) is 0 Å². The summed E-state index contributed by atoms with van der Waals surface area (Å²) in [6, 6.07) is 3.82. The average Bonchev–Trinajstić information content (AvgIpc) is 2.50. The van der Waals surface area contributed by atoms with Crippen LogP contribution in [0.3, 0.4) is 0 Å². The number of aromatic nitrogens is 1. The first kappa shape index (κ1) is 11.0. The maximum Gasteiger partial charge on any atom is 0.229 e. The molecule has 0 aliphatic carbocycles. The van der Waals surface area contributed by atoms with Crippen LogP contribution in [0, 0.1) is 6.92 Å². The molecule has 2 heterocycles. The lowest BCUT2D eigenvalue weighted by molar-refractivity contribution is -0.117. The van der Waals surface area contributed by atoms with Gasteiger partial charge < -0.3 is 0 Å². The van der Waals surface area contributed by atoms with Gasteiger partial charge in [-0.25, -0.2) is 4.98 Å². The summed E-state index contributed by atoms with van der Waals surface area (Å²) in [5.41, 5.74) is 1.01. The fourth-order valence-corrected chi connectivity index (χ4v) is 2.28. The van der Waals surface area contributed by atoms with Gasteiger partial charge in [0, 0.05) is 18.2 Å². The summed E-state index contributed by atoms with van der Waals surface area (Å²) in [5, 5.41) is 0.123. The van der Waals surface area contributed by atoms with Crippen molar-refractivity contribution < 1.29 is 4.79 Å². The largest absolute Gasteiger partial charge is 0.295 e. The normalized spacial score (nSPS) is 21.1. The monoisotopic (exact) mass is 286 g/mol. The van der Waals surface area contributed by atoms with Gasteiger partial charge in [0.15, 0.2) is 0 Å². The Morgan fingerprint density at radius 3 is 2.93 bits per heavy atom. The predicted molar refractivity (Wildman–Crippen MR) is 66.4 cm³/mol. The second-order valence-corrected chi connectivity index (χ2v) is 5.18. The van der Waals surface area contributed by atoms with Gasteiger partial charge in [-0.2, -0.15) is 12.6 Å². The second kappa shape index (κ2) is 4.14. The highest BCUT2D eigenvalue weighted by Gasteiger charge is 2.30.